The van der Waals surface area contributed by atoms with Crippen LogP contribution in [0.3, 0.4) is 0 Å². The Hall–Kier alpha value is -1.51. The molecular weight excluding hydrogens is 190 g/mol. The van der Waals surface area contributed by atoms with E-state index in [0.717, 1.165) is 42.9 Å². The molecule has 0 atom stereocenters. The number of hydrogen-bond acceptors (Lipinski definition) is 2. The van der Waals surface area contributed by atoms with E-state index in [-0.39, 0.29) is 11.8 Å². The third kappa shape index (κ3) is 1.58. The van der Waals surface area contributed by atoms with Crippen LogP contribution in [-0.2, 0) is 11.2 Å². The lowest BCUT2D eigenvalue weighted by atomic mass is 10.1. The molecule has 3 heteroatoms. The van der Waals surface area contributed by atoms with Crippen molar-refractivity contribution in [3.63, 3.8) is 0 Å². The summed E-state index contributed by atoms with van der Waals surface area (Å²) in [6, 6.07) is 5.83. The van der Waals surface area contributed by atoms with Gasteiger partial charge in [-0.2, -0.15) is 0 Å². The van der Waals surface area contributed by atoms with Gasteiger partial charge in [0.1, 0.15) is 5.75 Å². The molecule has 0 saturated heterocycles. The highest BCUT2D eigenvalue weighted by Gasteiger charge is 2.30. The highest BCUT2D eigenvalue weighted by molar-refractivity contribution is 5.95. The second-order valence-electron chi connectivity index (χ2n) is 4.14. The van der Waals surface area contributed by atoms with Gasteiger partial charge in [0.2, 0.25) is 5.91 Å². The Bertz CT molecular complexity index is 410. The van der Waals surface area contributed by atoms with Gasteiger partial charge >= 0.3 is 0 Å². The Labute approximate surface area is 88.4 Å². The Morgan fingerprint density at radius 3 is 3.07 bits per heavy atom. The first-order valence-electron chi connectivity index (χ1n) is 5.40. The van der Waals surface area contributed by atoms with Crippen molar-refractivity contribution < 1.29 is 9.53 Å². The lowest BCUT2D eigenvalue weighted by molar-refractivity contribution is -0.117. The molecule has 3 rings (SSSR count). The third-order valence-electron chi connectivity index (χ3n) is 2.95. The van der Waals surface area contributed by atoms with Gasteiger partial charge in [-0.1, -0.05) is 6.07 Å². The molecule has 0 radical (unpaired) electrons. The van der Waals surface area contributed by atoms with Crippen LogP contribution in [0.2, 0.25) is 0 Å². The predicted octanol–water partition coefficient (Wildman–Crippen LogP) is 1.97. The molecule has 1 aliphatic heterocycles. The van der Waals surface area contributed by atoms with Crippen molar-refractivity contribution >= 4 is 11.6 Å². The molecule has 2 aliphatic rings. The summed E-state index contributed by atoms with van der Waals surface area (Å²) in [5.74, 6) is 1.34. The van der Waals surface area contributed by atoms with E-state index < -0.39 is 0 Å². The van der Waals surface area contributed by atoms with E-state index in [1.165, 1.54) is 0 Å². The minimum atomic E-state index is 0.162. The number of carbonyl (C=O) groups excluding carboxylic acids is 1. The second kappa shape index (κ2) is 3.26. The standard InChI is InChI=1S/C12H13NO2/c14-12(8-4-5-8)13-10-2-1-3-11-9(10)6-7-15-11/h1-3,8H,4-7H2,(H,13,14). The maximum absolute atomic E-state index is 11.6. The topological polar surface area (TPSA) is 38.3 Å². The van der Waals surface area contributed by atoms with Crippen molar-refractivity contribution in [1.29, 1.82) is 0 Å². The highest BCUT2D eigenvalue weighted by atomic mass is 16.5. The zero-order valence-corrected chi connectivity index (χ0v) is 8.45. The molecule has 0 spiro atoms. The average Bonchev–Trinajstić information content (AvgIpc) is 2.97. The maximum Gasteiger partial charge on any atom is 0.227 e. The van der Waals surface area contributed by atoms with E-state index in [4.69, 9.17) is 4.74 Å². The number of anilines is 1. The molecule has 3 nitrogen and oxygen atoms in total. The highest BCUT2D eigenvalue weighted by Crippen LogP contribution is 2.34. The van der Waals surface area contributed by atoms with Crippen LogP contribution < -0.4 is 10.1 Å². The number of amides is 1. The van der Waals surface area contributed by atoms with Gasteiger partial charge in [-0.15, -0.1) is 0 Å². The molecule has 1 aliphatic carbocycles. The SMILES string of the molecule is O=C(Nc1cccc2c1CCO2)C1CC1. The van der Waals surface area contributed by atoms with Gasteiger partial charge in [0.25, 0.3) is 0 Å². The Morgan fingerprint density at radius 1 is 1.40 bits per heavy atom. The van der Waals surface area contributed by atoms with E-state index in [1.807, 2.05) is 18.2 Å². The largest absolute Gasteiger partial charge is 0.493 e. The number of ether oxygens (including phenoxy) is 1. The third-order valence-corrected chi connectivity index (χ3v) is 2.95. The number of hydrogen-bond donors (Lipinski definition) is 1. The normalized spacial score (nSPS) is 18.1. The molecule has 15 heavy (non-hydrogen) atoms. The number of nitrogens with one attached hydrogen (secondary N) is 1. The number of fused-ring (bicyclic) bond motifs is 1. The van der Waals surface area contributed by atoms with Crippen molar-refractivity contribution in [2.24, 2.45) is 5.92 Å². The molecule has 1 aromatic rings. The molecule has 0 unspecified atom stereocenters. The summed E-state index contributed by atoms with van der Waals surface area (Å²) in [5.41, 5.74) is 2.08. The van der Waals surface area contributed by atoms with Gasteiger partial charge in [-0.3, -0.25) is 4.79 Å². The van der Waals surface area contributed by atoms with Gasteiger partial charge in [0.15, 0.2) is 0 Å². The molecule has 1 amide bonds. The van der Waals surface area contributed by atoms with Crippen LogP contribution in [0.4, 0.5) is 5.69 Å². The van der Waals surface area contributed by atoms with Crippen molar-refractivity contribution in [3.8, 4) is 5.75 Å². The quantitative estimate of drug-likeness (QED) is 0.798. The van der Waals surface area contributed by atoms with Gasteiger partial charge in [0.05, 0.1) is 6.61 Å². The summed E-state index contributed by atoms with van der Waals surface area (Å²) in [5, 5.41) is 2.99. The first-order valence-corrected chi connectivity index (χ1v) is 5.40. The van der Waals surface area contributed by atoms with Gasteiger partial charge < -0.3 is 10.1 Å². The molecule has 0 aromatic heterocycles. The number of carbonyl (C=O) groups is 1. The minimum Gasteiger partial charge on any atom is -0.493 e. The van der Waals surface area contributed by atoms with E-state index >= 15 is 0 Å². The first-order chi connectivity index (χ1) is 7.34. The van der Waals surface area contributed by atoms with Gasteiger partial charge in [-0.05, 0) is 25.0 Å². The van der Waals surface area contributed by atoms with Crippen molar-refractivity contribution in [3.05, 3.63) is 23.8 Å². The smallest absolute Gasteiger partial charge is 0.227 e. The van der Waals surface area contributed by atoms with E-state index in [0.29, 0.717) is 0 Å². The Balaban J connectivity index is 1.85. The molecule has 78 valence electrons. The van der Waals surface area contributed by atoms with Gasteiger partial charge in [0, 0.05) is 23.6 Å². The van der Waals surface area contributed by atoms with E-state index in [9.17, 15) is 4.79 Å². The Kier molecular flexibility index (Phi) is 1.91. The molecule has 0 bridgehead atoms. The fourth-order valence-corrected chi connectivity index (χ4v) is 1.92. The summed E-state index contributed by atoms with van der Waals surface area (Å²) < 4.78 is 5.45. The molecule has 1 heterocycles. The van der Waals surface area contributed by atoms with Crippen LogP contribution in [0.5, 0.6) is 5.75 Å². The summed E-state index contributed by atoms with van der Waals surface area (Å²) in [6.45, 7) is 0.728. The fraction of sp³-hybridized carbons (Fsp3) is 0.417. The molecular formula is C12H13NO2. The first kappa shape index (κ1) is 8.77. The lowest BCUT2D eigenvalue weighted by Crippen LogP contribution is -2.14. The van der Waals surface area contributed by atoms with E-state index in [1.54, 1.807) is 0 Å². The zero-order chi connectivity index (χ0) is 10.3. The molecule has 1 saturated carbocycles. The van der Waals surface area contributed by atoms with E-state index in [2.05, 4.69) is 5.32 Å². The average molecular weight is 203 g/mol. The fourth-order valence-electron chi connectivity index (χ4n) is 1.92. The van der Waals surface area contributed by atoms with Crippen LogP contribution in [0.15, 0.2) is 18.2 Å². The zero-order valence-electron chi connectivity index (χ0n) is 8.45. The van der Waals surface area contributed by atoms with Crippen LogP contribution >= 0.6 is 0 Å². The van der Waals surface area contributed by atoms with Crippen molar-refractivity contribution in [2.75, 3.05) is 11.9 Å². The summed E-state index contributed by atoms with van der Waals surface area (Å²) in [6.07, 6.45) is 2.98. The van der Waals surface area contributed by atoms with Crippen LogP contribution in [0.25, 0.3) is 0 Å². The van der Waals surface area contributed by atoms with Crippen molar-refractivity contribution in [1.82, 2.24) is 0 Å². The lowest BCUT2D eigenvalue weighted by Gasteiger charge is -2.08. The van der Waals surface area contributed by atoms with Gasteiger partial charge in [-0.25, -0.2) is 0 Å². The number of rotatable bonds is 2. The predicted molar refractivity (Wildman–Crippen MR) is 57.0 cm³/mol. The summed E-state index contributed by atoms with van der Waals surface area (Å²) in [7, 11) is 0. The maximum atomic E-state index is 11.6. The monoisotopic (exact) mass is 203 g/mol. The number of benzene rings is 1. The van der Waals surface area contributed by atoms with Crippen molar-refractivity contribution in [2.45, 2.75) is 19.3 Å². The van der Waals surface area contributed by atoms with Crippen LogP contribution in [0.1, 0.15) is 18.4 Å². The Morgan fingerprint density at radius 2 is 2.27 bits per heavy atom. The minimum absolute atomic E-state index is 0.162. The molecule has 1 N–H and O–H groups in total. The van der Waals surface area contributed by atoms with Crippen LogP contribution in [0, 0.1) is 5.92 Å². The summed E-state index contributed by atoms with van der Waals surface area (Å²) >= 11 is 0. The summed E-state index contributed by atoms with van der Waals surface area (Å²) in [4.78, 5) is 11.6. The molecule has 1 aromatic carbocycles. The molecule has 1 fully saturated rings. The van der Waals surface area contributed by atoms with Crippen LogP contribution in [-0.4, -0.2) is 12.5 Å². The second-order valence-corrected chi connectivity index (χ2v) is 4.14.